The topological polar surface area (TPSA) is 115 Å². The van der Waals surface area contributed by atoms with Crippen molar-refractivity contribution in [2.24, 2.45) is 5.10 Å². The molecule has 0 atom stereocenters. The number of amides is 1. The number of nitrogens with zero attached hydrogens (tertiary/aromatic N) is 1. The molecule has 0 aromatic heterocycles. The Bertz CT molecular complexity index is 1270. The minimum atomic E-state index is -3.78. The molecular formula is C24H25N3O6S. The molecule has 34 heavy (non-hydrogen) atoms. The van der Waals surface area contributed by atoms with Crippen LogP contribution in [0.3, 0.4) is 0 Å². The average Bonchev–Trinajstić information content (AvgIpc) is 2.83. The predicted molar refractivity (Wildman–Crippen MR) is 129 cm³/mol. The number of benzene rings is 3. The molecule has 0 saturated carbocycles. The van der Waals surface area contributed by atoms with Gasteiger partial charge in [-0.2, -0.15) is 13.5 Å². The second-order valence-electron chi connectivity index (χ2n) is 7.11. The number of hydrogen-bond acceptors (Lipinski definition) is 7. The zero-order valence-corrected chi connectivity index (χ0v) is 19.8. The van der Waals surface area contributed by atoms with E-state index >= 15 is 0 Å². The van der Waals surface area contributed by atoms with Gasteiger partial charge >= 0.3 is 0 Å². The summed E-state index contributed by atoms with van der Waals surface area (Å²) in [6.45, 7) is 1.62. The van der Waals surface area contributed by atoms with Crippen LogP contribution in [0, 0.1) is 6.92 Å². The highest BCUT2D eigenvalue weighted by Gasteiger charge is 2.13. The van der Waals surface area contributed by atoms with E-state index in [1.54, 1.807) is 54.6 Å². The monoisotopic (exact) mass is 483 g/mol. The minimum Gasteiger partial charge on any atom is -0.495 e. The Balaban J connectivity index is 1.61. The lowest BCUT2D eigenvalue weighted by molar-refractivity contribution is -0.118. The molecule has 0 spiro atoms. The number of nitrogens with one attached hydrogen (secondary N) is 2. The first kappa shape index (κ1) is 24.6. The number of carbonyl (C=O) groups excluding carboxylic acids is 1. The van der Waals surface area contributed by atoms with E-state index in [4.69, 9.17) is 14.2 Å². The van der Waals surface area contributed by atoms with Crippen molar-refractivity contribution in [2.75, 3.05) is 26.1 Å². The van der Waals surface area contributed by atoms with Gasteiger partial charge in [0.05, 0.1) is 31.0 Å². The van der Waals surface area contributed by atoms with Crippen LogP contribution in [0.15, 0.2) is 76.7 Å². The van der Waals surface area contributed by atoms with E-state index in [9.17, 15) is 13.2 Å². The van der Waals surface area contributed by atoms with E-state index < -0.39 is 10.0 Å². The highest BCUT2D eigenvalue weighted by Crippen LogP contribution is 2.28. The molecule has 2 N–H and O–H groups in total. The van der Waals surface area contributed by atoms with Crippen molar-refractivity contribution < 1.29 is 27.4 Å². The number of hydrogen-bond donors (Lipinski definition) is 2. The Hall–Kier alpha value is -4.05. The summed E-state index contributed by atoms with van der Waals surface area (Å²) >= 11 is 0. The van der Waals surface area contributed by atoms with Crippen molar-refractivity contribution >= 4 is 27.8 Å². The van der Waals surface area contributed by atoms with Gasteiger partial charge in [0, 0.05) is 0 Å². The van der Waals surface area contributed by atoms with Gasteiger partial charge in [-0.25, -0.2) is 4.83 Å². The number of methoxy groups -OCH3 is 2. The summed E-state index contributed by atoms with van der Waals surface area (Å²) in [7, 11) is -0.802. The predicted octanol–water partition coefficient (Wildman–Crippen LogP) is 3.34. The summed E-state index contributed by atoms with van der Waals surface area (Å²) < 4.78 is 40.7. The standard InChI is InChI=1S/C24H25N3O6S/c1-17-8-11-19(12-9-17)34(29,30)27-25-15-18-10-13-22(23(14-18)32-3)33-16-24(28)26-20-6-4-5-7-21(20)31-2/h4-15,27H,16H2,1-3H3,(H,26,28)/b25-15-. The number of aryl methyl sites for hydroxylation is 1. The van der Waals surface area contributed by atoms with Crippen LogP contribution in [0.5, 0.6) is 17.2 Å². The number of ether oxygens (including phenoxy) is 3. The molecule has 178 valence electrons. The average molecular weight is 484 g/mol. The fraction of sp³-hybridized carbons (Fsp3) is 0.167. The Morgan fingerprint density at radius 3 is 2.35 bits per heavy atom. The molecule has 0 heterocycles. The van der Waals surface area contributed by atoms with Crippen molar-refractivity contribution in [1.82, 2.24) is 4.83 Å². The van der Waals surface area contributed by atoms with Crippen molar-refractivity contribution in [3.8, 4) is 17.2 Å². The third kappa shape index (κ3) is 6.48. The summed E-state index contributed by atoms with van der Waals surface area (Å²) in [6.07, 6.45) is 1.34. The van der Waals surface area contributed by atoms with Crippen LogP contribution in [0.1, 0.15) is 11.1 Å². The third-order valence-electron chi connectivity index (χ3n) is 4.65. The van der Waals surface area contributed by atoms with Crippen LogP contribution < -0.4 is 24.4 Å². The van der Waals surface area contributed by atoms with Crippen LogP contribution in [0.25, 0.3) is 0 Å². The maximum atomic E-state index is 12.3. The van der Waals surface area contributed by atoms with Crippen molar-refractivity contribution in [2.45, 2.75) is 11.8 Å². The highest BCUT2D eigenvalue weighted by atomic mass is 32.2. The lowest BCUT2D eigenvalue weighted by Crippen LogP contribution is -2.20. The van der Waals surface area contributed by atoms with Crippen LogP contribution >= 0.6 is 0 Å². The SMILES string of the molecule is COc1ccccc1NC(=O)COc1ccc(/C=N\NS(=O)(=O)c2ccc(C)cc2)cc1OC. The molecule has 0 bridgehead atoms. The second-order valence-corrected chi connectivity index (χ2v) is 8.77. The number of para-hydroxylation sites is 2. The van der Waals surface area contributed by atoms with E-state index in [0.29, 0.717) is 28.5 Å². The maximum absolute atomic E-state index is 12.3. The van der Waals surface area contributed by atoms with Gasteiger partial charge in [-0.1, -0.05) is 29.8 Å². The van der Waals surface area contributed by atoms with Gasteiger partial charge in [-0.05, 0) is 55.0 Å². The number of rotatable bonds is 10. The van der Waals surface area contributed by atoms with Gasteiger partial charge < -0.3 is 19.5 Å². The van der Waals surface area contributed by atoms with Crippen LogP contribution in [0.2, 0.25) is 0 Å². The molecule has 0 unspecified atom stereocenters. The zero-order valence-electron chi connectivity index (χ0n) is 18.9. The molecule has 0 radical (unpaired) electrons. The van der Waals surface area contributed by atoms with E-state index in [2.05, 4.69) is 15.2 Å². The summed E-state index contributed by atoms with van der Waals surface area (Å²) in [4.78, 5) is 14.6. The van der Waals surface area contributed by atoms with Crippen LogP contribution in [0.4, 0.5) is 5.69 Å². The smallest absolute Gasteiger partial charge is 0.276 e. The molecule has 0 aliphatic heterocycles. The van der Waals surface area contributed by atoms with Crippen LogP contribution in [-0.2, 0) is 14.8 Å². The number of sulfonamides is 1. The zero-order chi connectivity index (χ0) is 24.6. The molecule has 9 nitrogen and oxygen atoms in total. The Morgan fingerprint density at radius 1 is 0.941 bits per heavy atom. The van der Waals surface area contributed by atoms with Gasteiger partial charge in [-0.15, -0.1) is 0 Å². The number of hydrazone groups is 1. The molecule has 0 aliphatic carbocycles. The molecule has 1 amide bonds. The second kappa shape index (κ2) is 11.2. The summed E-state index contributed by atoms with van der Waals surface area (Å²) in [5, 5.41) is 6.54. The van der Waals surface area contributed by atoms with Gasteiger partial charge in [0.25, 0.3) is 15.9 Å². The fourth-order valence-electron chi connectivity index (χ4n) is 2.90. The molecular weight excluding hydrogens is 458 g/mol. The van der Waals surface area contributed by atoms with Gasteiger partial charge in [-0.3, -0.25) is 4.79 Å². The molecule has 3 aromatic rings. The Kier molecular flexibility index (Phi) is 8.10. The van der Waals surface area contributed by atoms with E-state index in [1.807, 2.05) is 6.92 Å². The van der Waals surface area contributed by atoms with E-state index in [0.717, 1.165) is 5.56 Å². The molecule has 3 rings (SSSR count). The molecule has 3 aromatic carbocycles. The third-order valence-corrected chi connectivity index (χ3v) is 5.88. The van der Waals surface area contributed by atoms with Gasteiger partial charge in [0.1, 0.15) is 5.75 Å². The fourth-order valence-corrected chi connectivity index (χ4v) is 3.69. The first-order valence-corrected chi connectivity index (χ1v) is 11.7. The van der Waals surface area contributed by atoms with Crippen molar-refractivity contribution in [1.29, 1.82) is 0 Å². The molecule has 0 saturated heterocycles. The van der Waals surface area contributed by atoms with Gasteiger partial charge in [0.2, 0.25) is 0 Å². The lowest BCUT2D eigenvalue weighted by Gasteiger charge is -2.12. The quantitative estimate of drug-likeness (QED) is 0.338. The van der Waals surface area contributed by atoms with Crippen molar-refractivity contribution in [3.05, 3.63) is 77.9 Å². The summed E-state index contributed by atoms with van der Waals surface area (Å²) in [5.41, 5.74) is 2.05. The minimum absolute atomic E-state index is 0.114. The number of carbonyl (C=O) groups is 1. The lowest BCUT2D eigenvalue weighted by atomic mass is 10.2. The largest absolute Gasteiger partial charge is 0.495 e. The molecule has 0 fully saturated rings. The molecule has 10 heteroatoms. The van der Waals surface area contributed by atoms with E-state index in [1.165, 1.54) is 32.6 Å². The molecule has 0 aliphatic rings. The first-order chi connectivity index (χ1) is 16.3. The van der Waals surface area contributed by atoms with Crippen LogP contribution in [-0.4, -0.2) is 41.4 Å². The summed E-state index contributed by atoms with van der Waals surface area (Å²) in [5.74, 6) is 0.864. The normalized spacial score (nSPS) is 11.1. The maximum Gasteiger partial charge on any atom is 0.276 e. The Morgan fingerprint density at radius 2 is 1.65 bits per heavy atom. The van der Waals surface area contributed by atoms with Crippen molar-refractivity contribution in [3.63, 3.8) is 0 Å². The van der Waals surface area contributed by atoms with Gasteiger partial charge in [0.15, 0.2) is 18.1 Å². The highest BCUT2D eigenvalue weighted by molar-refractivity contribution is 7.89. The summed E-state index contributed by atoms with van der Waals surface area (Å²) in [6, 6.07) is 18.3. The first-order valence-electron chi connectivity index (χ1n) is 10.2. The Labute approximate surface area is 198 Å². The number of anilines is 1. The van der Waals surface area contributed by atoms with E-state index in [-0.39, 0.29) is 17.4 Å².